The molecule has 0 saturated heterocycles. The Morgan fingerprint density at radius 2 is 2.27 bits per heavy atom. The maximum absolute atomic E-state index is 4.06. The van der Waals surface area contributed by atoms with Crippen molar-refractivity contribution in [1.29, 1.82) is 0 Å². The Bertz CT molecular complexity index is 481. The third kappa shape index (κ3) is 2.39. The number of hydrogen-bond donors (Lipinski definition) is 0. The van der Waals surface area contributed by atoms with Gasteiger partial charge in [0.2, 0.25) is 0 Å². The highest BCUT2D eigenvalue weighted by Crippen LogP contribution is 2.16. The number of aromatic nitrogens is 3. The first-order valence-electron chi connectivity index (χ1n) is 4.44. The minimum absolute atomic E-state index is 0.732. The highest BCUT2D eigenvalue weighted by atomic mass is 127. The molecule has 0 amide bonds. The van der Waals surface area contributed by atoms with Gasteiger partial charge in [0, 0.05) is 8.90 Å². The molecule has 0 aliphatic heterocycles. The van der Waals surface area contributed by atoms with Crippen LogP contribution in [0.4, 0.5) is 0 Å². The van der Waals surface area contributed by atoms with E-state index in [2.05, 4.69) is 67.9 Å². The molecule has 0 fully saturated rings. The molecule has 0 spiro atoms. The maximum atomic E-state index is 4.06. The minimum atomic E-state index is 0.732. The Morgan fingerprint density at radius 3 is 2.87 bits per heavy atom. The zero-order chi connectivity index (χ0) is 10.8. The number of rotatable bonds is 2. The average Bonchev–Trinajstić information content (AvgIpc) is 2.70. The fourth-order valence-corrected chi connectivity index (χ4v) is 1.97. The predicted molar refractivity (Wildman–Crippen MR) is 71.4 cm³/mol. The van der Waals surface area contributed by atoms with Crippen LogP contribution >= 0.6 is 38.5 Å². The lowest BCUT2D eigenvalue weighted by Gasteiger charge is -2.02. The molecule has 0 radical (unpaired) electrons. The SMILES string of the molecule is Cc1ccc(-n2cc(CBr)nn2)cc1I. The minimum Gasteiger partial charge on any atom is -0.220 e. The van der Waals surface area contributed by atoms with Gasteiger partial charge in [0.05, 0.1) is 17.6 Å². The molecule has 0 aliphatic rings. The summed E-state index contributed by atoms with van der Waals surface area (Å²) < 4.78 is 3.03. The second kappa shape index (κ2) is 4.61. The summed E-state index contributed by atoms with van der Waals surface area (Å²) in [4.78, 5) is 0. The van der Waals surface area contributed by atoms with E-state index < -0.39 is 0 Å². The molecule has 5 heteroatoms. The largest absolute Gasteiger partial charge is 0.220 e. The molecule has 0 unspecified atom stereocenters. The molecule has 0 saturated carbocycles. The van der Waals surface area contributed by atoms with Gasteiger partial charge in [-0.25, -0.2) is 4.68 Å². The van der Waals surface area contributed by atoms with Crippen LogP contribution in [0.2, 0.25) is 0 Å². The molecule has 0 bridgehead atoms. The summed E-state index contributed by atoms with van der Waals surface area (Å²) in [7, 11) is 0. The van der Waals surface area contributed by atoms with Crippen LogP contribution in [0.3, 0.4) is 0 Å². The number of aryl methyl sites for hydroxylation is 1. The van der Waals surface area contributed by atoms with Crippen LogP contribution in [0.1, 0.15) is 11.3 Å². The summed E-state index contributed by atoms with van der Waals surface area (Å²) in [6.07, 6.45) is 1.93. The van der Waals surface area contributed by atoms with Crippen molar-refractivity contribution in [2.45, 2.75) is 12.3 Å². The lowest BCUT2D eigenvalue weighted by molar-refractivity contribution is 0.800. The van der Waals surface area contributed by atoms with E-state index in [-0.39, 0.29) is 0 Å². The molecule has 78 valence electrons. The third-order valence-electron chi connectivity index (χ3n) is 2.10. The molecule has 1 aromatic carbocycles. The molecule has 1 aromatic heterocycles. The first kappa shape index (κ1) is 11.1. The van der Waals surface area contributed by atoms with Crippen molar-refractivity contribution < 1.29 is 0 Å². The van der Waals surface area contributed by atoms with Gasteiger partial charge in [-0.15, -0.1) is 5.10 Å². The molecular formula is C10H9BrIN3. The topological polar surface area (TPSA) is 30.7 Å². The Labute approximate surface area is 110 Å². The van der Waals surface area contributed by atoms with Crippen LogP contribution in [0, 0.1) is 10.5 Å². The fourth-order valence-electron chi connectivity index (χ4n) is 1.21. The standard InChI is InChI=1S/C10H9BrIN3/c1-7-2-3-9(4-10(7)12)15-6-8(5-11)13-14-15/h2-4,6H,5H2,1H3. The zero-order valence-corrected chi connectivity index (χ0v) is 11.9. The summed E-state index contributed by atoms with van der Waals surface area (Å²) in [6.45, 7) is 2.09. The molecule has 15 heavy (non-hydrogen) atoms. The van der Waals surface area contributed by atoms with E-state index in [4.69, 9.17) is 0 Å². The van der Waals surface area contributed by atoms with Crippen LogP contribution in [0.5, 0.6) is 0 Å². The smallest absolute Gasteiger partial charge is 0.0937 e. The van der Waals surface area contributed by atoms with Crippen LogP contribution in [-0.2, 0) is 5.33 Å². The molecule has 3 nitrogen and oxygen atoms in total. The summed E-state index contributed by atoms with van der Waals surface area (Å²) in [5.74, 6) is 0. The number of alkyl halides is 1. The van der Waals surface area contributed by atoms with Crippen LogP contribution < -0.4 is 0 Å². The number of hydrogen-bond acceptors (Lipinski definition) is 2. The summed E-state index contributed by atoms with van der Waals surface area (Å²) in [5.41, 5.74) is 3.26. The monoisotopic (exact) mass is 377 g/mol. The van der Waals surface area contributed by atoms with Crippen molar-refractivity contribution in [3.05, 3.63) is 39.2 Å². The first-order valence-corrected chi connectivity index (χ1v) is 6.64. The zero-order valence-electron chi connectivity index (χ0n) is 8.11. The second-order valence-corrected chi connectivity index (χ2v) is 4.94. The van der Waals surface area contributed by atoms with E-state index in [1.807, 2.05) is 12.3 Å². The number of benzene rings is 1. The van der Waals surface area contributed by atoms with E-state index in [0.717, 1.165) is 16.7 Å². The molecule has 0 aliphatic carbocycles. The van der Waals surface area contributed by atoms with Crippen molar-refractivity contribution in [2.24, 2.45) is 0 Å². The highest BCUT2D eigenvalue weighted by Gasteiger charge is 2.03. The summed E-state index contributed by atoms with van der Waals surface area (Å²) >= 11 is 5.67. The fraction of sp³-hybridized carbons (Fsp3) is 0.200. The summed E-state index contributed by atoms with van der Waals surface area (Å²) in [5, 5.41) is 8.82. The van der Waals surface area contributed by atoms with Crippen molar-refractivity contribution >= 4 is 38.5 Å². The Kier molecular flexibility index (Phi) is 3.40. The van der Waals surface area contributed by atoms with E-state index >= 15 is 0 Å². The third-order valence-corrected chi connectivity index (χ3v) is 3.83. The van der Waals surface area contributed by atoms with Crippen molar-refractivity contribution in [3.8, 4) is 5.69 Å². The number of nitrogens with zero attached hydrogens (tertiary/aromatic N) is 3. The van der Waals surface area contributed by atoms with Gasteiger partial charge < -0.3 is 0 Å². The average molecular weight is 378 g/mol. The second-order valence-electron chi connectivity index (χ2n) is 3.22. The van der Waals surface area contributed by atoms with Gasteiger partial charge in [-0.1, -0.05) is 27.2 Å². The molecular weight excluding hydrogens is 369 g/mol. The maximum Gasteiger partial charge on any atom is 0.0937 e. The number of halogens is 2. The summed E-state index contributed by atoms with van der Waals surface area (Å²) in [6, 6.07) is 6.24. The van der Waals surface area contributed by atoms with Gasteiger partial charge in [-0.05, 0) is 47.2 Å². The van der Waals surface area contributed by atoms with E-state index in [0.29, 0.717) is 0 Å². The Balaban J connectivity index is 2.40. The molecule has 2 aromatic rings. The normalized spacial score (nSPS) is 10.6. The molecule has 2 rings (SSSR count). The lowest BCUT2D eigenvalue weighted by Crippen LogP contribution is -1.96. The van der Waals surface area contributed by atoms with Crippen molar-refractivity contribution in [1.82, 2.24) is 15.0 Å². The van der Waals surface area contributed by atoms with Gasteiger partial charge in [-0.2, -0.15) is 0 Å². The van der Waals surface area contributed by atoms with Gasteiger partial charge in [0.15, 0.2) is 0 Å². The lowest BCUT2D eigenvalue weighted by atomic mass is 10.2. The first-order chi connectivity index (χ1) is 7.20. The quantitative estimate of drug-likeness (QED) is 0.594. The predicted octanol–water partition coefficient (Wildman–Crippen LogP) is 3.08. The van der Waals surface area contributed by atoms with Crippen LogP contribution in [0.25, 0.3) is 5.69 Å². The van der Waals surface area contributed by atoms with E-state index in [1.54, 1.807) is 4.68 Å². The van der Waals surface area contributed by atoms with Crippen molar-refractivity contribution in [3.63, 3.8) is 0 Å². The van der Waals surface area contributed by atoms with E-state index in [9.17, 15) is 0 Å². The van der Waals surface area contributed by atoms with Crippen LogP contribution in [0.15, 0.2) is 24.4 Å². The van der Waals surface area contributed by atoms with Gasteiger partial charge in [0.25, 0.3) is 0 Å². The van der Waals surface area contributed by atoms with Gasteiger partial charge in [0.1, 0.15) is 0 Å². The van der Waals surface area contributed by atoms with Gasteiger partial charge in [-0.3, -0.25) is 0 Å². The molecule has 1 heterocycles. The highest BCUT2D eigenvalue weighted by molar-refractivity contribution is 14.1. The molecule has 0 N–H and O–H groups in total. The molecule has 0 atom stereocenters. The van der Waals surface area contributed by atoms with Gasteiger partial charge >= 0.3 is 0 Å². The van der Waals surface area contributed by atoms with E-state index in [1.165, 1.54) is 9.13 Å². The Morgan fingerprint density at radius 1 is 1.47 bits per heavy atom. The van der Waals surface area contributed by atoms with Crippen LogP contribution in [-0.4, -0.2) is 15.0 Å². The van der Waals surface area contributed by atoms with Crippen molar-refractivity contribution in [2.75, 3.05) is 0 Å². The Hall–Kier alpha value is -0.430.